The molecule has 1 aromatic rings. The minimum absolute atomic E-state index is 0.00364. The highest BCUT2D eigenvalue weighted by atomic mass is 19.1. The fraction of sp³-hybridized carbons (Fsp3) is 0.385. The summed E-state index contributed by atoms with van der Waals surface area (Å²) < 4.78 is 13.3. The molecule has 0 fully saturated rings. The van der Waals surface area contributed by atoms with Gasteiger partial charge < -0.3 is 16.2 Å². The van der Waals surface area contributed by atoms with Gasteiger partial charge >= 0.3 is 5.97 Å². The van der Waals surface area contributed by atoms with Crippen LogP contribution in [-0.4, -0.2) is 29.6 Å². The van der Waals surface area contributed by atoms with Crippen molar-refractivity contribution >= 4 is 11.9 Å². The Kier molecular flexibility index (Phi) is 5.95. The quantitative estimate of drug-likeness (QED) is 0.646. The van der Waals surface area contributed by atoms with E-state index in [4.69, 9.17) is 10.8 Å². The van der Waals surface area contributed by atoms with Gasteiger partial charge in [-0.05, 0) is 24.5 Å². The van der Waals surface area contributed by atoms with Crippen LogP contribution in [0, 0.1) is 5.82 Å². The predicted octanol–water partition coefficient (Wildman–Crippen LogP) is 0.676. The smallest absolute Gasteiger partial charge is 0.320 e. The van der Waals surface area contributed by atoms with Crippen LogP contribution in [0.2, 0.25) is 0 Å². The number of primary amides is 1. The van der Waals surface area contributed by atoms with Crippen molar-refractivity contribution in [1.82, 2.24) is 5.32 Å². The van der Waals surface area contributed by atoms with Crippen molar-refractivity contribution in [3.8, 4) is 0 Å². The zero-order valence-corrected chi connectivity index (χ0v) is 10.4. The molecule has 0 aliphatic heterocycles. The fourth-order valence-electron chi connectivity index (χ4n) is 1.68. The van der Waals surface area contributed by atoms with Gasteiger partial charge in [0.05, 0.1) is 0 Å². The molecule has 104 valence electrons. The number of carbonyl (C=O) groups is 2. The van der Waals surface area contributed by atoms with Crippen LogP contribution in [-0.2, 0) is 16.0 Å². The number of hydrogen-bond acceptors (Lipinski definition) is 3. The number of carboxylic acid groups (broad SMARTS) is 1. The maximum Gasteiger partial charge on any atom is 0.320 e. The molecular weight excluding hydrogens is 251 g/mol. The van der Waals surface area contributed by atoms with Crippen molar-refractivity contribution in [1.29, 1.82) is 0 Å². The van der Waals surface area contributed by atoms with Crippen molar-refractivity contribution in [2.45, 2.75) is 25.3 Å². The highest BCUT2D eigenvalue weighted by molar-refractivity contribution is 5.77. The Morgan fingerprint density at radius 1 is 1.37 bits per heavy atom. The van der Waals surface area contributed by atoms with E-state index >= 15 is 0 Å². The van der Waals surface area contributed by atoms with Crippen LogP contribution in [0.25, 0.3) is 0 Å². The summed E-state index contributed by atoms with van der Waals surface area (Å²) in [4.78, 5) is 21.6. The molecule has 6 heteroatoms. The summed E-state index contributed by atoms with van der Waals surface area (Å²) in [7, 11) is 0. The Balaban J connectivity index is 2.42. The van der Waals surface area contributed by atoms with E-state index in [1.54, 1.807) is 18.2 Å². The van der Waals surface area contributed by atoms with E-state index in [-0.39, 0.29) is 18.7 Å². The van der Waals surface area contributed by atoms with Crippen LogP contribution in [0.15, 0.2) is 24.3 Å². The van der Waals surface area contributed by atoms with Gasteiger partial charge in [-0.1, -0.05) is 18.2 Å². The molecule has 0 bridgehead atoms. The number of hydrogen-bond donors (Lipinski definition) is 3. The lowest BCUT2D eigenvalue weighted by Gasteiger charge is -2.13. The van der Waals surface area contributed by atoms with Crippen LogP contribution >= 0.6 is 0 Å². The number of benzene rings is 1. The van der Waals surface area contributed by atoms with Crippen LogP contribution < -0.4 is 11.1 Å². The number of rotatable bonds is 8. The van der Waals surface area contributed by atoms with E-state index in [1.807, 2.05) is 0 Å². The number of carbonyl (C=O) groups excluding carboxylic acids is 1. The molecule has 1 amide bonds. The highest BCUT2D eigenvalue weighted by Crippen LogP contribution is 2.06. The number of amides is 1. The van der Waals surface area contributed by atoms with E-state index in [9.17, 15) is 14.0 Å². The molecule has 0 aliphatic carbocycles. The second-order valence-corrected chi connectivity index (χ2v) is 4.19. The third-order valence-electron chi connectivity index (χ3n) is 2.72. The summed E-state index contributed by atoms with van der Waals surface area (Å²) in [5.74, 6) is -1.90. The minimum atomic E-state index is -1.05. The molecule has 0 spiro atoms. The number of carboxylic acids is 1. The van der Waals surface area contributed by atoms with Crippen molar-refractivity contribution in [3.05, 3.63) is 35.6 Å². The first-order valence-electron chi connectivity index (χ1n) is 5.98. The summed E-state index contributed by atoms with van der Waals surface area (Å²) in [6.45, 7) is 0.316. The first kappa shape index (κ1) is 15.1. The van der Waals surface area contributed by atoms with Crippen LogP contribution in [0.3, 0.4) is 0 Å². The molecule has 1 rings (SSSR count). The van der Waals surface area contributed by atoms with E-state index < -0.39 is 17.9 Å². The zero-order chi connectivity index (χ0) is 14.3. The van der Waals surface area contributed by atoms with Gasteiger partial charge in [0.1, 0.15) is 11.9 Å². The SMILES string of the molecule is NC(=O)CC[C@H](NCCc1ccccc1F)C(=O)O. The first-order valence-corrected chi connectivity index (χ1v) is 5.98. The maximum absolute atomic E-state index is 13.3. The highest BCUT2D eigenvalue weighted by Gasteiger charge is 2.17. The van der Waals surface area contributed by atoms with E-state index in [2.05, 4.69) is 5.32 Å². The van der Waals surface area contributed by atoms with Crippen molar-refractivity contribution in [2.75, 3.05) is 6.54 Å². The third-order valence-corrected chi connectivity index (χ3v) is 2.72. The second-order valence-electron chi connectivity index (χ2n) is 4.19. The van der Waals surface area contributed by atoms with Crippen LogP contribution in [0.1, 0.15) is 18.4 Å². The van der Waals surface area contributed by atoms with Crippen LogP contribution in [0.5, 0.6) is 0 Å². The molecule has 19 heavy (non-hydrogen) atoms. The van der Waals surface area contributed by atoms with Gasteiger partial charge in [0.2, 0.25) is 5.91 Å². The topological polar surface area (TPSA) is 92.4 Å². The van der Waals surface area contributed by atoms with Gasteiger partial charge in [0, 0.05) is 13.0 Å². The summed E-state index contributed by atoms with van der Waals surface area (Å²) >= 11 is 0. The zero-order valence-electron chi connectivity index (χ0n) is 10.4. The summed E-state index contributed by atoms with van der Waals surface area (Å²) in [6.07, 6.45) is 0.513. The summed E-state index contributed by atoms with van der Waals surface area (Å²) in [6, 6.07) is 5.48. The lowest BCUT2D eigenvalue weighted by atomic mass is 10.1. The summed E-state index contributed by atoms with van der Waals surface area (Å²) in [5, 5.41) is 11.7. The molecule has 0 aliphatic rings. The standard InChI is InChI=1S/C13H17FN2O3/c14-10-4-2-1-3-9(10)7-8-16-11(13(18)19)5-6-12(15)17/h1-4,11,16H,5-8H2,(H2,15,17)(H,18,19)/t11-/m0/s1. The van der Waals surface area contributed by atoms with E-state index in [0.717, 1.165) is 0 Å². The molecule has 1 atom stereocenters. The van der Waals surface area contributed by atoms with Crippen molar-refractivity contribution < 1.29 is 19.1 Å². The largest absolute Gasteiger partial charge is 0.480 e. The van der Waals surface area contributed by atoms with Gasteiger partial charge in [0.15, 0.2) is 0 Å². The monoisotopic (exact) mass is 268 g/mol. The third kappa shape index (κ3) is 5.48. The van der Waals surface area contributed by atoms with Gasteiger partial charge in [0.25, 0.3) is 0 Å². The number of halogens is 1. The normalized spacial score (nSPS) is 12.1. The minimum Gasteiger partial charge on any atom is -0.480 e. The number of nitrogens with one attached hydrogen (secondary N) is 1. The van der Waals surface area contributed by atoms with Gasteiger partial charge in [-0.15, -0.1) is 0 Å². The molecular formula is C13H17FN2O3. The fourth-order valence-corrected chi connectivity index (χ4v) is 1.68. The molecule has 0 unspecified atom stereocenters. The number of aliphatic carboxylic acids is 1. The molecule has 0 heterocycles. The van der Waals surface area contributed by atoms with Gasteiger partial charge in [-0.25, -0.2) is 4.39 Å². The molecule has 0 radical (unpaired) electrons. The Morgan fingerprint density at radius 2 is 2.05 bits per heavy atom. The Labute approximate surface area is 110 Å². The second kappa shape index (κ2) is 7.48. The number of nitrogens with two attached hydrogens (primary N) is 1. The molecule has 0 saturated carbocycles. The van der Waals surface area contributed by atoms with Gasteiger partial charge in [-0.2, -0.15) is 0 Å². The van der Waals surface area contributed by atoms with E-state index in [1.165, 1.54) is 6.07 Å². The Morgan fingerprint density at radius 3 is 2.63 bits per heavy atom. The molecule has 4 N–H and O–H groups in total. The van der Waals surface area contributed by atoms with Crippen LogP contribution in [0.4, 0.5) is 4.39 Å². The average molecular weight is 268 g/mol. The average Bonchev–Trinajstić information content (AvgIpc) is 2.34. The molecule has 5 nitrogen and oxygen atoms in total. The molecule has 0 saturated heterocycles. The lowest BCUT2D eigenvalue weighted by molar-refractivity contribution is -0.139. The predicted molar refractivity (Wildman–Crippen MR) is 68.0 cm³/mol. The van der Waals surface area contributed by atoms with E-state index in [0.29, 0.717) is 18.5 Å². The lowest BCUT2D eigenvalue weighted by Crippen LogP contribution is -2.38. The Hall–Kier alpha value is -1.95. The first-order chi connectivity index (χ1) is 9.00. The van der Waals surface area contributed by atoms with Gasteiger partial charge in [-0.3, -0.25) is 9.59 Å². The molecule has 0 aromatic heterocycles. The van der Waals surface area contributed by atoms with Crippen molar-refractivity contribution in [3.63, 3.8) is 0 Å². The maximum atomic E-state index is 13.3. The molecule has 1 aromatic carbocycles. The summed E-state index contributed by atoms with van der Waals surface area (Å²) in [5.41, 5.74) is 5.49. The van der Waals surface area contributed by atoms with Crippen molar-refractivity contribution in [2.24, 2.45) is 5.73 Å². The Bertz CT molecular complexity index is 451.